The summed E-state index contributed by atoms with van der Waals surface area (Å²) in [6, 6.07) is 3.75. The molecular weight excluding hydrogens is 208 g/mol. The van der Waals surface area contributed by atoms with Gasteiger partial charge in [-0.05, 0) is 29.0 Å². The second-order valence-corrected chi connectivity index (χ2v) is 4.00. The summed E-state index contributed by atoms with van der Waals surface area (Å²) < 4.78 is 1.42. The summed E-state index contributed by atoms with van der Waals surface area (Å²) in [7, 11) is 0. The van der Waals surface area contributed by atoms with Gasteiger partial charge in [-0.2, -0.15) is 0 Å². The molecule has 7 heteroatoms. The van der Waals surface area contributed by atoms with Crippen molar-refractivity contribution in [3.05, 3.63) is 12.1 Å². The van der Waals surface area contributed by atoms with E-state index in [-0.39, 0.29) is 6.61 Å². The average molecular weight is 220 g/mol. The molecule has 0 spiro atoms. The van der Waals surface area contributed by atoms with E-state index in [1.807, 2.05) is 12.1 Å². The van der Waals surface area contributed by atoms with Crippen LogP contribution in [-0.4, -0.2) is 50.1 Å². The molecule has 1 unspecified atom stereocenters. The van der Waals surface area contributed by atoms with Crippen LogP contribution in [0.15, 0.2) is 12.1 Å². The van der Waals surface area contributed by atoms with Crippen molar-refractivity contribution in [1.82, 2.24) is 25.3 Å². The van der Waals surface area contributed by atoms with E-state index < -0.39 is 0 Å². The summed E-state index contributed by atoms with van der Waals surface area (Å²) in [5.41, 5.74) is 0.640. The third-order valence-corrected chi connectivity index (χ3v) is 2.92. The van der Waals surface area contributed by atoms with Crippen molar-refractivity contribution < 1.29 is 5.11 Å². The monoisotopic (exact) mass is 220 g/mol. The third kappa shape index (κ3) is 1.49. The predicted molar refractivity (Wildman–Crippen MR) is 56.0 cm³/mol. The van der Waals surface area contributed by atoms with E-state index in [0.717, 1.165) is 25.3 Å². The molecule has 1 atom stereocenters. The van der Waals surface area contributed by atoms with Gasteiger partial charge < -0.3 is 10.0 Å². The zero-order valence-electron chi connectivity index (χ0n) is 8.69. The molecule has 1 saturated heterocycles. The van der Waals surface area contributed by atoms with Gasteiger partial charge in [0, 0.05) is 25.6 Å². The third-order valence-electron chi connectivity index (χ3n) is 2.92. The van der Waals surface area contributed by atoms with Crippen LogP contribution in [0.1, 0.15) is 6.42 Å². The number of tetrazole rings is 1. The van der Waals surface area contributed by atoms with Crippen LogP contribution in [-0.2, 0) is 0 Å². The maximum atomic E-state index is 9.08. The van der Waals surface area contributed by atoms with E-state index >= 15 is 0 Å². The average Bonchev–Trinajstić information content (AvgIpc) is 2.96. The molecule has 0 amide bonds. The number of hydrogen-bond donors (Lipinski definition) is 1. The SMILES string of the molecule is OCC1CCN(c2ccc3nnnn3n2)C1. The van der Waals surface area contributed by atoms with Gasteiger partial charge in [-0.15, -0.1) is 14.8 Å². The lowest BCUT2D eigenvalue weighted by Crippen LogP contribution is -2.22. The second-order valence-electron chi connectivity index (χ2n) is 4.00. The lowest BCUT2D eigenvalue weighted by Gasteiger charge is -2.16. The summed E-state index contributed by atoms with van der Waals surface area (Å²) in [5, 5.41) is 24.5. The smallest absolute Gasteiger partial charge is 0.200 e. The molecule has 0 bridgehead atoms. The Balaban J connectivity index is 1.88. The van der Waals surface area contributed by atoms with Gasteiger partial charge in [-0.25, -0.2) is 0 Å². The lowest BCUT2D eigenvalue weighted by atomic mass is 10.1. The van der Waals surface area contributed by atoms with Crippen LogP contribution in [0.3, 0.4) is 0 Å². The van der Waals surface area contributed by atoms with Crippen molar-refractivity contribution in [1.29, 1.82) is 0 Å². The van der Waals surface area contributed by atoms with Gasteiger partial charge in [0.25, 0.3) is 0 Å². The first kappa shape index (κ1) is 9.46. The van der Waals surface area contributed by atoms with Crippen LogP contribution in [0.2, 0.25) is 0 Å². The van der Waals surface area contributed by atoms with E-state index in [1.165, 1.54) is 4.63 Å². The Morgan fingerprint density at radius 2 is 2.38 bits per heavy atom. The predicted octanol–water partition coefficient (Wildman–Crippen LogP) is -0.662. The number of anilines is 1. The summed E-state index contributed by atoms with van der Waals surface area (Å²) in [6.07, 6.45) is 1.01. The van der Waals surface area contributed by atoms with E-state index in [9.17, 15) is 0 Å². The Morgan fingerprint density at radius 3 is 3.19 bits per heavy atom. The van der Waals surface area contributed by atoms with Crippen molar-refractivity contribution in [3.8, 4) is 0 Å². The number of fused-ring (bicyclic) bond motifs is 1. The van der Waals surface area contributed by atoms with Crippen molar-refractivity contribution >= 4 is 11.5 Å². The van der Waals surface area contributed by atoms with Gasteiger partial charge >= 0.3 is 0 Å². The summed E-state index contributed by atoms with van der Waals surface area (Å²) in [6.45, 7) is 2.01. The number of rotatable bonds is 2. The van der Waals surface area contributed by atoms with E-state index in [4.69, 9.17) is 5.11 Å². The molecule has 84 valence electrons. The maximum Gasteiger partial charge on any atom is 0.200 e. The standard InChI is InChI=1S/C9H12N6O/c16-6-7-3-4-14(5-7)9-2-1-8-10-12-13-15(8)11-9/h1-2,7,16H,3-6H2. The molecule has 1 aliphatic heterocycles. The quantitative estimate of drug-likeness (QED) is 0.723. The number of nitrogens with zero attached hydrogens (tertiary/aromatic N) is 6. The summed E-state index contributed by atoms with van der Waals surface area (Å²) >= 11 is 0. The van der Waals surface area contributed by atoms with Crippen molar-refractivity contribution in [2.24, 2.45) is 5.92 Å². The Hall–Kier alpha value is -1.76. The zero-order chi connectivity index (χ0) is 11.0. The topological polar surface area (TPSA) is 79.4 Å². The van der Waals surface area contributed by atoms with E-state index in [0.29, 0.717) is 11.6 Å². The molecule has 0 aromatic carbocycles. The van der Waals surface area contributed by atoms with Crippen LogP contribution < -0.4 is 4.90 Å². The fourth-order valence-electron chi connectivity index (χ4n) is 2.00. The van der Waals surface area contributed by atoms with E-state index in [2.05, 4.69) is 25.5 Å². The van der Waals surface area contributed by atoms with Crippen LogP contribution >= 0.6 is 0 Å². The second kappa shape index (κ2) is 3.67. The highest BCUT2D eigenvalue weighted by Gasteiger charge is 2.23. The number of aliphatic hydroxyl groups excluding tert-OH is 1. The Labute approximate surface area is 91.7 Å². The van der Waals surface area contributed by atoms with Crippen molar-refractivity contribution in [2.45, 2.75) is 6.42 Å². The molecule has 2 aromatic heterocycles. The van der Waals surface area contributed by atoms with Crippen molar-refractivity contribution in [2.75, 3.05) is 24.6 Å². The Bertz CT molecular complexity index is 497. The zero-order valence-corrected chi connectivity index (χ0v) is 8.69. The van der Waals surface area contributed by atoms with Gasteiger partial charge in [0.15, 0.2) is 11.5 Å². The largest absolute Gasteiger partial charge is 0.396 e. The number of aliphatic hydroxyl groups is 1. The fourth-order valence-corrected chi connectivity index (χ4v) is 2.00. The molecule has 3 heterocycles. The minimum atomic E-state index is 0.240. The number of hydrogen-bond acceptors (Lipinski definition) is 6. The number of aromatic nitrogens is 5. The summed E-state index contributed by atoms with van der Waals surface area (Å²) in [5.74, 6) is 1.21. The van der Waals surface area contributed by atoms with Gasteiger partial charge in [-0.1, -0.05) is 0 Å². The molecule has 2 aromatic rings. The fraction of sp³-hybridized carbons (Fsp3) is 0.556. The first-order chi connectivity index (χ1) is 7.86. The van der Waals surface area contributed by atoms with E-state index in [1.54, 1.807) is 0 Å². The molecule has 0 saturated carbocycles. The van der Waals surface area contributed by atoms with Gasteiger partial charge in [0.05, 0.1) is 0 Å². The molecule has 7 nitrogen and oxygen atoms in total. The minimum Gasteiger partial charge on any atom is -0.396 e. The molecule has 1 aliphatic rings. The Morgan fingerprint density at radius 1 is 1.44 bits per heavy atom. The highest BCUT2D eigenvalue weighted by molar-refractivity contribution is 5.44. The molecule has 3 rings (SSSR count). The molecule has 16 heavy (non-hydrogen) atoms. The minimum absolute atomic E-state index is 0.240. The molecule has 0 aliphatic carbocycles. The molecule has 1 N–H and O–H groups in total. The molecule has 0 radical (unpaired) electrons. The van der Waals surface area contributed by atoms with Gasteiger partial charge in [0.1, 0.15) is 0 Å². The van der Waals surface area contributed by atoms with Crippen LogP contribution in [0, 0.1) is 5.92 Å². The maximum absolute atomic E-state index is 9.08. The van der Waals surface area contributed by atoms with Gasteiger partial charge in [0.2, 0.25) is 0 Å². The normalized spacial score (nSPS) is 20.8. The summed E-state index contributed by atoms with van der Waals surface area (Å²) in [4.78, 5) is 2.14. The van der Waals surface area contributed by atoms with Crippen molar-refractivity contribution in [3.63, 3.8) is 0 Å². The highest BCUT2D eigenvalue weighted by Crippen LogP contribution is 2.21. The molecule has 1 fully saturated rings. The van der Waals surface area contributed by atoms with Gasteiger partial charge in [-0.3, -0.25) is 0 Å². The van der Waals surface area contributed by atoms with Crippen LogP contribution in [0.25, 0.3) is 5.65 Å². The Kier molecular flexibility index (Phi) is 2.17. The van der Waals surface area contributed by atoms with Crippen LogP contribution in [0.5, 0.6) is 0 Å². The lowest BCUT2D eigenvalue weighted by molar-refractivity contribution is 0.238. The van der Waals surface area contributed by atoms with Crippen LogP contribution in [0.4, 0.5) is 5.82 Å². The molecular formula is C9H12N6O. The first-order valence-corrected chi connectivity index (χ1v) is 5.28. The highest BCUT2D eigenvalue weighted by atomic mass is 16.3. The first-order valence-electron chi connectivity index (χ1n) is 5.28.